The fourth-order valence-corrected chi connectivity index (χ4v) is 6.01. The Morgan fingerprint density at radius 1 is 1.14 bits per heavy atom. The van der Waals surface area contributed by atoms with Gasteiger partial charge in [-0.25, -0.2) is 4.98 Å². The van der Waals surface area contributed by atoms with Gasteiger partial charge in [0.25, 0.3) is 0 Å². The number of nitrogens with zero attached hydrogens (tertiary/aromatic N) is 1. The maximum atomic E-state index is 4.34. The molecule has 0 saturated heterocycles. The molecule has 0 aromatic carbocycles. The molecule has 1 unspecified atom stereocenters. The highest BCUT2D eigenvalue weighted by Gasteiger charge is 2.50. The van der Waals surface area contributed by atoms with E-state index in [9.17, 15) is 0 Å². The summed E-state index contributed by atoms with van der Waals surface area (Å²) in [5.74, 6) is 3.73. The number of aromatic nitrogens is 2. The van der Waals surface area contributed by atoms with Crippen molar-refractivity contribution in [1.29, 1.82) is 0 Å². The molecule has 5 aliphatic rings. The van der Waals surface area contributed by atoms with Gasteiger partial charge in [-0.1, -0.05) is 6.08 Å². The highest BCUT2D eigenvalue weighted by atomic mass is 15.0. The Morgan fingerprint density at radius 3 is 2.57 bits per heavy atom. The topological polar surface area (TPSA) is 40.7 Å². The molecule has 4 fully saturated rings. The second-order valence-electron chi connectivity index (χ2n) is 8.17. The summed E-state index contributed by atoms with van der Waals surface area (Å²) in [4.78, 5) is 7.63. The van der Waals surface area contributed by atoms with Crippen LogP contribution in [-0.2, 0) is 6.42 Å². The number of hydrogen-bond acceptors (Lipinski definition) is 2. The summed E-state index contributed by atoms with van der Waals surface area (Å²) in [7, 11) is 0. The van der Waals surface area contributed by atoms with E-state index in [2.05, 4.69) is 27.4 Å². The van der Waals surface area contributed by atoms with Gasteiger partial charge in [0, 0.05) is 17.8 Å². The van der Waals surface area contributed by atoms with E-state index in [-0.39, 0.29) is 0 Å². The molecular formula is C18H25N3. The first kappa shape index (κ1) is 12.5. The molecule has 1 aromatic rings. The Kier molecular flexibility index (Phi) is 2.64. The maximum absolute atomic E-state index is 4.34. The molecule has 112 valence electrons. The standard InChI is InChI=1S/C18H25N3/c1-2-16-17(20-11-19-16)6-12(1)10-21-18-7-13-3-14(8-18)5-15(4-13)9-18/h1-2,11-15,21H,3-10H2,(H,19,20). The van der Waals surface area contributed by atoms with Gasteiger partial charge in [0.05, 0.1) is 12.0 Å². The molecule has 21 heavy (non-hydrogen) atoms. The Hall–Kier alpha value is -1.09. The molecule has 1 atom stereocenters. The van der Waals surface area contributed by atoms with Gasteiger partial charge in [0.1, 0.15) is 0 Å². The molecule has 6 rings (SSSR count). The Bertz CT molecular complexity index is 535. The van der Waals surface area contributed by atoms with Crippen molar-refractivity contribution in [3.05, 3.63) is 23.8 Å². The van der Waals surface area contributed by atoms with E-state index < -0.39 is 0 Å². The van der Waals surface area contributed by atoms with Crippen LogP contribution in [0.15, 0.2) is 12.4 Å². The first-order valence-electron chi connectivity index (χ1n) is 8.73. The molecule has 0 radical (unpaired) electrons. The third-order valence-electron chi connectivity index (χ3n) is 6.52. The SMILES string of the molecule is C1=CC(CNC23CC4CC(CC(C4)C2)C3)Cc2[nH]cnc21. The van der Waals surface area contributed by atoms with Crippen LogP contribution in [0.5, 0.6) is 0 Å². The molecule has 2 N–H and O–H groups in total. The van der Waals surface area contributed by atoms with Crippen LogP contribution in [0.2, 0.25) is 0 Å². The summed E-state index contributed by atoms with van der Waals surface area (Å²) in [6.45, 7) is 1.14. The molecule has 5 aliphatic carbocycles. The zero-order chi connectivity index (χ0) is 13.9. The van der Waals surface area contributed by atoms with E-state index in [1.165, 1.54) is 44.2 Å². The summed E-state index contributed by atoms with van der Waals surface area (Å²) in [6.07, 6.45) is 16.4. The molecule has 3 nitrogen and oxygen atoms in total. The van der Waals surface area contributed by atoms with Gasteiger partial charge in [0.2, 0.25) is 0 Å². The van der Waals surface area contributed by atoms with Crippen molar-refractivity contribution in [3.63, 3.8) is 0 Å². The smallest absolute Gasteiger partial charge is 0.0929 e. The molecule has 4 saturated carbocycles. The van der Waals surface area contributed by atoms with Gasteiger partial charge < -0.3 is 10.3 Å². The number of H-pyrrole nitrogens is 1. The van der Waals surface area contributed by atoms with Gasteiger partial charge in [0.15, 0.2) is 0 Å². The van der Waals surface area contributed by atoms with Crippen LogP contribution in [0.3, 0.4) is 0 Å². The number of hydrogen-bond donors (Lipinski definition) is 2. The van der Waals surface area contributed by atoms with Crippen molar-refractivity contribution >= 4 is 6.08 Å². The molecule has 0 aliphatic heterocycles. The lowest BCUT2D eigenvalue weighted by molar-refractivity contribution is -0.0206. The largest absolute Gasteiger partial charge is 0.348 e. The van der Waals surface area contributed by atoms with Crippen molar-refractivity contribution in [2.45, 2.75) is 50.5 Å². The zero-order valence-corrected chi connectivity index (χ0v) is 12.6. The van der Waals surface area contributed by atoms with Crippen molar-refractivity contribution in [2.75, 3.05) is 6.54 Å². The average molecular weight is 283 g/mol. The first-order valence-corrected chi connectivity index (χ1v) is 8.73. The number of nitrogens with one attached hydrogen (secondary N) is 2. The normalized spacial score (nSPS) is 43.2. The summed E-state index contributed by atoms with van der Waals surface area (Å²) in [5, 5.41) is 4.03. The van der Waals surface area contributed by atoms with Crippen molar-refractivity contribution < 1.29 is 0 Å². The average Bonchev–Trinajstić information content (AvgIpc) is 2.91. The molecule has 1 aromatic heterocycles. The third-order valence-corrected chi connectivity index (χ3v) is 6.52. The number of rotatable bonds is 3. The first-order chi connectivity index (χ1) is 10.3. The van der Waals surface area contributed by atoms with Crippen LogP contribution in [0.25, 0.3) is 6.08 Å². The molecule has 0 spiro atoms. The van der Waals surface area contributed by atoms with Crippen LogP contribution < -0.4 is 5.32 Å². The summed E-state index contributed by atoms with van der Waals surface area (Å²) in [6, 6.07) is 0. The van der Waals surface area contributed by atoms with Gasteiger partial charge in [-0.3, -0.25) is 0 Å². The fraction of sp³-hybridized carbons (Fsp3) is 0.722. The van der Waals surface area contributed by atoms with E-state index in [4.69, 9.17) is 0 Å². The van der Waals surface area contributed by atoms with Crippen molar-refractivity contribution in [2.24, 2.45) is 23.7 Å². The van der Waals surface area contributed by atoms with E-state index in [0.29, 0.717) is 11.5 Å². The van der Waals surface area contributed by atoms with Gasteiger partial charge in [-0.15, -0.1) is 0 Å². The lowest BCUT2D eigenvalue weighted by Crippen LogP contribution is -2.59. The van der Waals surface area contributed by atoms with E-state index in [0.717, 1.165) is 36.4 Å². The Balaban J connectivity index is 1.27. The number of imidazole rings is 1. The van der Waals surface area contributed by atoms with Crippen LogP contribution in [-0.4, -0.2) is 22.1 Å². The lowest BCUT2D eigenvalue weighted by atomic mass is 9.53. The van der Waals surface area contributed by atoms with Crippen molar-refractivity contribution in [1.82, 2.24) is 15.3 Å². The minimum absolute atomic E-state index is 0.497. The monoisotopic (exact) mass is 283 g/mol. The Morgan fingerprint density at radius 2 is 1.86 bits per heavy atom. The lowest BCUT2D eigenvalue weighted by Gasteiger charge is -2.57. The van der Waals surface area contributed by atoms with Crippen molar-refractivity contribution in [3.8, 4) is 0 Å². The van der Waals surface area contributed by atoms with Crippen LogP contribution in [0.1, 0.15) is 49.9 Å². The summed E-state index contributed by atoms with van der Waals surface area (Å²) in [5.41, 5.74) is 2.95. The number of fused-ring (bicyclic) bond motifs is 1. The van der Waals surface area contributed by atoms with E-state index in [1.807, 2.05) is 6.33 Å². The quantitative estimate of drug-likeness (QED) is 0.894. The van der Waals surface area contributed by atoms with Crippen LogP contribution in [0.4, 0.5) is 0 Å². The highest BCUT2D eigenvalue weighted by molar-refractivity contribution is 5.50. The maximum Gasteiger partial charge on any atom is 0.0929 e. The van der Waals surface area contributed by atoms with Gasteiger partial charge >= 0.3 is 0 Å². The number of aromatic amines is 1. The summed E-state index contributed by atoms with van der Waals surface area (Å²) >= 11 is 0. The Labute approximate surface area is 126 Å². The molecule has 0 amide bonds. The minimum Gasteiger partial charge on any atom is -0.348 e. The second kappa shape index (κ2) is 4.45. The predicted octanol–water partition coefficient (Wildman–Crippen LogP) is 3.15. The van der Waals surface area contributed by atoms with Crippen LogP contribution >= 0.6 is 0 Å². The van der Waals surface area contributed by atoms with E-state index in [1.54, 1.807) is 0 Å². The molecule has 4 bridgehead atoms. The summed E-state index contributed by atoms with van der Waals surface area (Å²) < 4.78 is 0. The highest BCUT2D eigenvalue weighted by Crippen LogP contribution is 2.55. The second-order valence-corrected chi connectivity index (χ2v) is 8.17. The van der Waals surface area contributed by atoms with Gasteiger partial charge in [-0.05, 0) is 74.7 Å². The molecular weight excluding hydrogens is 258 g/mol. The predicted molar refractivity (Wildman–Crippen MR) is 83.7 cm³/mol. The van der Waals surface area contributed by atoms with Gasteiger partial charge in [-0.2, -0.15) is 0 Å². The van der Waals surface area contributed by atoms with E-state index >= 15 is 0 Å². The molecule has 3 heteroatoms. The fourth-order valence-electron chi connectivity index (χ4n) is 6.01. The third kappa shape index (κ3) is 2.09. The zero-order valence-electron chi connectivity index (χ0n) is 12.6. The minimum atomic E-state index is 0.497. The van der Waals surface area contributed by atoms with Crippen LogP contribution in [0, 0.1) is 23.7 Å². The molecule has 1 heterocycles.